The molecule has 5 nitrogen and oxygen atoms in total. The second-order valence-electron chi connectivity index (χ2n) is 5.99. The predicted octanol–water partition coefficient (Wildman–Crippen LogP) is 3.84. The highest BCUT2D eigenvalue weighted by atomic mass is 35.5. The predicted molar refractivity (Wildman–Crippen MR) is 99.9 cm³/mol. The number of carbonyl (C=O) groups is 1. The summed E-state index contributed by atoms with van der Waals surface area (Å²) in [6.45, 7) is 0. The molecule has 0 unspecified atom stereocenters. The Morgan fingerprint density at radius 2 is 2.28 bits per heavy atom. The number of thiazole rings is 1. The van der Waals surface area contributed by atoms with Crippen molar-refractivity contribution in [1.29, 1.82) is 0 Å². The molecule has 2 atom stereocenters. The number of methoxy groups -OCH3 is 1. The summed E-state index contributed by atoms with van der Waals surface area (Å²) in [6.07, 6.45) is 3.48. The highest BCUT2D eigenvalue weighted by Gasteiger charge is 2.26. The topological polar surface area (TPSA) is 77.2 Å². The van der Waals surface area contributed by atoms with E-state index >= 15 is 0 Å². The van der Waals surface area contributed by atoms with E-state index in [-0.39, 0.29) is 36.1 Å². The zero-order chi connectivity index (χ0) is 17.1. The lowest BCUT2D eigenvalue weighted by molar-refractivity contribution is -0.117. The van der Waals surface area contributed by atoms with Gasteiger partial charge in [0.1, 0.15) is 11.6 Å². The van der Waals surface area contributed by atoms with Crippen molar-refractivity contribution in [2.75, 3.05) is 12.4 Å². The Morgan fingerprint density at radius 1 is 1.48 bits per heavy atom. The lowest BCUT2D eigenvalue weighted by Crippen LogP contribution is -2.28. The second kappa shape index (κ2) is 8.60. The molecule has 0 radical (unpaired) electrons. The van der Waals surface area contributed by atoms with Gasteiger partial charge in [0.05, 0.1) is 12.8 Å². The van der Waals surface area contributed by atoms with Gasteiger partial charge in [0.25, 0.3) is 0 Å². The number of nitrogens with one attached hydrogen (secondary N) is 1. The van der Waals surface area contributed by atoms with Crippen molar-refractivity contribution in [3.05, 3.63) is 29.4 Å². The standard InChI is InChI=1S/C17H20FN3O2S.ClH/c1-23-15-6-5-11(18)8-12(15)14-9-24-17(20-14)21-16(22)7-10-3-2-4-13(10)19;/h5-6,8-10,13H,2-4,7,19H2,1H3,(H,20,21,22);1H/t10-,13+;/m0./s1. The number of rotatable bonds is 5. The maximum Gasteiger partial charge on any atom is 0.226 e. The molecule has 25 heavy (non-hydrogen) atoms. The second-order valence-corrected chi connectivity index (χ2v) is 6.85. The highest BCUT2D eigenvalue weighted by Crippen LogP contribution is 2.33. The fourth-order valence-electron chi connectivity index (χ4n) is 3.06. The summed E-state index contributed by atoms with van der Waals surface area (Å²) in [4.78, 5) is 16.5. The molecule has 3 rings (SSSR count). The number of amides is 1. The van der Waals surface area contributed by atoms with Crippen molar-refractivity contribution in [1.82, 2.24) is 4.98 Å². The Balaban J connectivity index is 0.00000225. The average Bonchev–Trinajstić information content (AvgIpc) is 3.17. The summed E-state index contributed by atoms with van der Waals surface area (Å²) in [5, 5.41) is 5.08. The normalized spacial score (nSPS) is 19.3. The Kier molecular flexibility index (Phi) is 6.75. The van der Waals surface area contributed by atoms with Crippen LogP contribution in [-0.4, -0.2) is 24.0 Å². The number of anilines is 1. The van der Waals surface area contributed by atoms with Crippen molar-refractivity contribution in [2.45, 2.75) is 31.7 Å². The smallest absolute Gasteiger partial charge is 0.226 e. The van der Waals surface area contributed by atoms with Crippen LogP contribution in [0.2, 0.25) is 0 Å². The van der Waals surface area contributed by atoms with E-state index in [9.17, 15) is 9.18 Å². The number of benzene rings is 1. The Hall–Kier alpha value is -1.70. The van der Waals surface area contributed by atoms with Gasteiger partial charge in [0.15, 0.2) is 5.13 Å². The van der Waals surface area contributed by atoms with Gasteiger partial charge in [-0.25, -0.2) is 9.37 Å². The average molecular weight is 386 g/mol. The molecule has 1 fully saturated rings. The summed E-state index contributed by atoms with van der Waals surface area (Å²) in [5.74, 6) is 0.341. The Bertz CT molecular complexity index is 740. The molecule has 136 valence electrons. The minimum Gasteiger partial charge on any atom is -0.496 e. The van der Waals surface area contributed by atoms with Crippen LogP contribution in [0, 0.1) is 11.7 Å². The molecule has 3 N–H and O–H groups in total. The molecular weight excluding hydrogens is 365 g/mol. The van der Waals surface area contributed by atoms with E-state index in [2.05, 4.69) is 10.3 Å². The summed E-state index contributed by atoms with van der Waals surface area (Å²) < 4.78 is 18.7. The van der Waals surface area contributed by atoms with Crippen LogP contribution in [0.5, 0.6) is 5.75 Å². The Morgan fingerprint density at radius 3 is 2.96 bits per heavy atom. The number of hydrogen-bond acceptors (Lipinski definition) is 5. The maximum absolute atomic E-state index is 13.5. The fourth-order valence-corrected chi connectivity index (χ4v) is 3.79. The molecular formula is C17H21ClFN3O2S. The summed E-state index contributed by atoms with van der Waals surface area (Å²) in [7, 11) is 1.52. The Labute approximate surface area is 156 Å². The fraction of sp³-hybridized carbons (Fsp3) is 0.412. The van der Waals surface area contributed by atoms with Gasteiger partial charge in [-0.1, -0.05) is 6.42 Å². The number of nitrogens with zero attached hydrogens (tertiary/aromatic N) is 1. The number of nitrogens with two attached hydrogens (primary N) is 1. The van der Waals surface area contributed by atoms with E-state index in [1.165, 1.54) is 30.6 Å². The molecule has 0 saturated heterocycles. The molecule has 1 heterocycles. The molecule has 0 spiro atoms. The van der Waals surface area contributed by atoms with Gasteiger partial charge in [0, 0.05) is 23.4 Å². The molecule has 1 aliphatic rings. The first-order chi connectivity index (χ1) is 11.6. The third kappa shape index (κ3) is 4.68. The molecule has 1 amide bonds. The van der Waals surface area contributed by atoms with Crippen molar-refractivity contribution in [3.63, 3.8) is 0 Å². The zero-order valence-electron chi connectivity index (χ0n) is 13.8. The van der Waals surface area contributed by atoms with Crippen LogP contribution in [-0.2, 0) is 4.79 Å². The monoisotopic (exact) mass is 385 g/mol. The molecule has 1 aliphatic carbocycles. The van der Waals surface area contributed by atoms with Crippen LogP contribution in [0.4, 0.5) is 9.52 Å². The minimum atomic E-state index is -0.361. The van der Waals surface area contributed by atoms with Crippen LogP contribution in [0.3, 0.4) is 0 Å². The molecule has 2 aromatic rings. The van der Waals surface area contributed by atoms with E-state index in [1.807, 2.05) is 0 Å². The quantitative estimate of drug-likeness (QED) is 0.819. The first-order valence-electron chi connectivity index (χ1n) is 7.91. The van der Waals surface area contributed by atoms with Crippen LogP contribution in [0.1, 0.15) is 25.7 Å². The minimum absolute atomic E-state index is 0. The van der Waals surface area contributed by atoms with Gasteiger partial charge in [0.2, 0.25) is 5.91 Å². The molecule has 8 heteroatoms. The van der Waals surface area contributed by atoms with Crippen LogP contribution in [0.15, 0.2) is 23.6 Å². The third-order valence-corrected chi connectivity index (χ3v) is 5.11. The van der Waals surface area contributed by atoms with Crippen molar-refractivity contribution >= 4 is 34.8 Å². The first-order valence-corrected chi connectivity index (χ1v) is 8.79. The molecule has 1 saturated carbocycles. The SMILES string of the molecule is COc1ccc(F)cc1-c1csc(NC(=O)C[C@@H]2CCC[C@H]2N)n1.Cl. The molecule has 1 aromatic heterocycles. The van der Waals surface area contributed by atoms with Crippen LogP contribution < -0.4 is 15.8 Å². The van der Waals surface area contributed by atoms with Gasteiger partial charge in [-0.2, -0.15) is 0 Å². The summed E-state index contributed by atoms with van der Waals surface area (Å²) in [6, 6.07) is 4.38. The van der Waals surface area contributed by atoms with Gasteiger partial charge < -0.3 is 15.8 Å². The van der Waals surface area contributed by atoms with Crippen molar-refractivity contribution < 1.29 is 13.9 Å². The van der Waals surface area contributed by atoms with Crippen molar-refractivity contribution in [3.8, 4) is 17.0 Å². The highest BCUT2D eigenvalue weighted by molar-refractivity contribution is 7.14. The summed E-state index contributed by atoms with van der Waals surface area (Å²) >= 11 is 1.30. The van der Waals surface area contributed by atoms with Gasteiger partial charge in [-0.15, -0.1) is 23.7 Å². The van der Waals surface area contributed by atoms with Gasteiger partial charge in [-0.05, 0) is 37.0 Å². The van der Waals surface area contributed by atoms with Crippen LogP contribution in [0.25, 0.3) is 11.3 Å². The van der Waals surface area contributed by atoms with Gasteiger partial charge >= 0.3 is 0 Å². The number of aromatic nitrogens is 1. The largest absolute Gasteiger partial charge is 0.496 e. The van der Waals surface area contributed by atoms with Gasteiger partial charge in [-0.3, -0.25) is 4.79 Å². The van der Waals surface area contributed by atoms with E-state index in [1.54, 1.807) is 11.4 Å². The van der Waals surface area contributed by atoms with Crippen molar-refractivity contribution in [2.24, 2.45) is 11.7 Å². The number of hydrogen-bond donors (Lipinski definition) is 2. The van der Waals surface area contributed by atoms with E-state index in [0.29, 0.717) is 28.6 Å². The number of carbonyl (C=O) groups excluding carboxylic acids is 1. The summed E-state index contributed by atoms with van der Waals surface area (Å²) in [5.41, 5.74) is 7.14. The molecule has 0 bridgehead atoms. The van der Waals surface area contributed by atoms with E-state index < -0.39 is 0 Å². The number of halogens is 2. The number of ether oxygens (including phenoxy) is 1. The first kappa shape index (κ1) is 19.6. The lowest BCUT2D eigenvalue weighted by atomic mass is 10.00. The maximum atomic E-state index is 13.5. The zero-order valence-corrected chi connectivity index (χ0v) is 15.5. The lowest BCUT2D eigenvalue weighted by Gasteiger charge is -2.13. The van der Waals surface area contributed by atoms with E-state index in [4.69, 9.17) is 10.5 Å². The third-order valence-electron chi connectivity index (χ3n) is 4.35. The molecule has 0 aliphatic heterocycles. The molecule has 1 aromatic carbocycles. The van der Waals surface area contributed by atoms with E-state index in [0.717, 1.165) is 19.3 Å². The van der Waals surface area contributed by atoms with Crippen LogP contribution >= 0.6 is 23.7 Å².